The molecule has 2 aromatic carbocycles. The Bertz CT molecular complexity index is 632. The largest absolute Gasteiger partial charge is 0.381 e. The summed E-state index contributed by atoms with van der Waals surface area (Å²) in [6.07, 6.45) is 0.906. The maximum atomic E-state index is 8.85. The van der Waals surface area contributed by atoms with Crippen LogP contribution < -0.4 is 5.32 Å². The topological polar surface area (TPSA) is 35.8 Å². The van der Waals surface area contributed by atoms with Gasteiger partial charge in [0.25, 0.3) is 0 Å². The molecule has 2 aromatic rings. The van der Waals surface area contributed by atoms with Gasteiger partial charge in [0.1, 0.15) is 0 Å². The lowest BCUT2D eigenvalue weighted by Crippen LogP contribution is -2.18. The van der Waals surface area contributed by atoms with E-state index in [4.69, 9.17) is 16.9 Å². The van der Waals surface area contributed by atoms with Crippen LogP contribution >= 0.6 is 27.5 Å². The standard InChI is InChI=1S/C16H14BrClN2/c1-11(8-12-2-5-14(18)6-3-12)20-16-7-4-13(10-19)9-15(16)17/h2-7,9,11,20H,8H2,1H3. The lowest BCUT2D eigenvalue weighted by atomic mass is 10.1. The molecule has 1 unspecified atom stereocenters. The smallest absolute Gasteiger partial charge is 0.0992 e. The molecule has 2 rings (SSSR count). The van der Waals surface area contributed by atoms with E-state index in [-0.39, 0.29) is 6.04 Å². The second-order valence-corrected chi connectivity index (χ2v) is 5.97. The van der Waals surface area contributed by atoms with Crippen LogP contribution in [0.25, 0.3) is 0 Å². The fourth-order valence-electron chi connectivity index (χ4n) is 1.99. The van der Waals surface area contributed by atoms with Crippen molar-refractivity contribution in [3.63, 3.8) is 0 Å². The molecule has 20 heavy (non-hydrogen) atoms. The predicted octanol–water partition coefficient (Wildman–Crippen LogP) is 5.02. The number of nitrogens with one attached hydrogen (secondary N) is 1. The monoisotopic (exact) mass is 348 g/mol. The van der Waals surface area contributed by atoms with Crippen LogP contribution in [0.15, 0.2) is 46.9 Å². The minimum atomic E-state index is 0.278. The number of nitriles is 1. The first-order valence-electron chi connectivity index (χ1n) is 6.29. The molecule has 0 aliphatic carbocycles. The SMILES string of the molecule is CC(Cc1ccc(Cl)cc1)Nc1ccc(C#N)cc1Br. The normalized spacial score (nSPS) is 11.7. The van der Waals surface area contributed by atoms with Crippen LogP contribution in [0.1, 0.15) is 18.1 Å². The van der Waals surface area contributed by atoms with Gasteiger partial charge >= 0.3 is 0 Å². The molecule has 0 aliphatic heterocycles. The summed E-state index contributed by atoms with van der Waals surface area (Å²) in [5, 5.41) is 13.0. The second kappa shape index (κ2) is 6.78. The third-order valence-corrected chi connectivity index (χ3v) is 3.86. The lowest BCUT2D eigenvalue weighted by molar-refractivity contribution is 0.789. The molecular weight excluding hydrogens is 336 g/mol. The summed E-state index contributed by atoms with van der Waals surface area (Å²) in [6, 6.07) is 15.8. The average Bonchev–Trinajstić information content (AvgIpc) is 2.43. The fourth-order valence-corrected chi connectivity index (χ4v) is 2.61. The highest BCUT2D eigenvalue weighted by molar-refractivity contribution is 9.10. The molecule has 0 heterocycles. The second-order valence-electron chi connectivity index (χ2n) is 4.68. The number of hydrogen-bond acceptors (Lipinski definition) is 2. The van der Waals surface area contributed by atoms with Crippen LogP contribution in [-0.4, -0.2) is 6.04 Å². The van der Waals surface area contributed by atoms with E-state index in [1.165, 1.54) is 5.56 Å². The summed E-state index contributed by atoms with van der Waals surface area (Å²) < 4.78 is 0.902. The molecule has 0 radical (unpaired) electrons. The van der Waals surface area contributed by atoms with Crippen molar-refractivity contribution in [1.82, 2.24) is 0 Å². The summed E-state index contributed by atoms with van der Waals surface area (Å²) in [6.45, 7) is 2.12. The molecule has 1 atom stereocenters. The van der Waals surface area contributed by atoms with Gasteiger partial charge in [0.15, 0.2) is 0 Å². The number of nitrogens with zero attached hydrogens (tertiary/aromatic N) is 1. The third-order valence-electron chi connectivity index (χ3n) is 2.96. The Balaban J connectivity index is 2.03. The average molecular weight is 350 g/mol. The molecule has 0 aliphatic rings. The van der Waals surface area contributed by atoms with Gasteiger partial charge < -0.3 is 5.32 Å². The Labute approximate surface area is 132 Å². The van der Waals surface area contributed by atoms with E-state index < -0.39 is 0 Å². The summed E-state index contributed by atoms with van der Waals surface area (Å²) >= 11 is 9.36. The highest BCUT2D eigenvalue weighted by Gasteiger charge is 2.07. The van der Waals surface area contributed by atoms with Crippen LogP contribution in [0.4, 0.5) is 5.69 Å². The van der Waals surface area contributed by atoms with Crippen molar-refractivity contribution in [1.29, 1.82) is 5.26 Å². The van der Waals surface area contributed by atoms with Gasteiger partial charge in [0.05, 0.1) is 11.6 Å². The maximum Gasteiger partial charge on any atom is 0.0992 e. The molecule has 4 heteroatoms. The van der Waals surface area contributed by atoms with Crippen LogP contribution in [0.2, 0.25) is 5.02 Å². The van der Waals surface area contributed by atoms with Crippen molar-refractivity contribution in [2.45, 2.75) is 19.4 Å². The minimum absolute atomic E-state index is 0.278. The molecule has 0 bridgehead atoms. The molecule has 2 nitrogen and oxygen atoms in total. The van der Waals surface area contributed by atoms with Crippen molar-refractivity contribution in [3.8, 4) is 6.07 Å². The van der Waals surface area contributed by atoms with E-state index in [9.17, 15) is 0 Å². The van der Waals surface area contributed by atoms with Gasteiger partial charge in [-0.05, 0) is 65.2 Å². The Morgan fingerprint density at radius 3 is 2.55 bits per heavy atom. The number of halogens is 2. The Kier molecular flexibility index (Phi) is 5.05. The third kappa shape index (κ3) is 4.00. The van der Waals surface area contributed by atoms with E-state index in [1.54, 1.807) is 0 Å². The Morgan fingerprint density at radius 1 is 1.25 bits per heavy atom. The maximum absolute atomic E-state index is 8.85. The zero-order valence-electron chi connectivity index (χ0n) is 11.0. The van der Waals surface area contributed by atoms with Crippen molar-refractivity contribution in [2.24, 2.45) is 0 Å². The van der Waals surface area contributed by atoms with E-state index >= 15 is 0 Å². The first kappa shape index (κ1) is 14.9. The zero-order chi connectivity index (χ0) is 14.5. The first-order valence-corrected chi connectivity index (χ1v) is 7.46. The van der Waals surface area contributed by atoms with Gasteiger partial charge in [0.2, 0.25) is 0 Å². The van der Waals surface area contributed by atoms with Crippen LogP contribution in [0, 0.1) is 11.3 Å². The highest BCUT2D eigenvalue weighted by atomic mass is 79.9. The van der Waals surface area contributed by atoms with E-state index in [1.807, 2.05) is 42.5 Å². The van der Waals surface area contributed by atoms with Gasteiger partial charge in [-0.1, -0.05) is 23.7 Å². The van der Waals surface area contributed by atoms with Gasteiger partial charge in [0, 0.05) is 21.2 Å². The summed E-state index contributed by atoms with van der Waals surface area (Å²) in [5.41, 5.74) is 2.87. The van der Waals surface area contributed by atoms with Gasteiger partial charge in [-0.25, -0.2) is 0 Å². The zero-order valence-corrected chi connectivity index (χ0v) is 13.4. The van der Waals surface area contributed by atoms with Crippen LogP contribution in [-0.2, 0) is 6.42 Å². The van der Waals surface area contributed by atoms with Gasteiger partial charge in [-0.3, -0.25) is 0 Å². The predicted molar refractivity (Wildman–Crippen MR) is 87.1 cm³/mol. The first-order chi connectivity index (χ1) is 9.58. The lowest BCUT2D eigenvalue weighted by Gasteiger charge is -2.16. The Hall–Kier alpha value is -1.50. The van der Waals surface area contributed by atoms with E-state index in [0.717, 1.165) is 21.6 Å². The van der Waals surface area contributed by atoms with Gasteiger partial charge in [-0.15, -0.1) is 0 Å². The number of hydrogen-bond donors (Lipinski definition) is 1. The van der Waals surface area contributed by atoms with E-state index in [2.05, 4.69) is 34.2 Å². The number of rotatable bonds is 4. The molecule has 0 saturated carbocycles. The molecule has 102 valence electrons. The molecule has 0 saturated heterocycles. The summed E-state index contributed by atoms with van der Waals surface area (Å²) in [7, 11) is 0. The number of anilines is 1. The van der Waals surface area contributed by atoms with Gasteiger partial charge in [-0.2, -0.15) is 5.26 Å². The van der Waals surface area contributed by atoms with Crippen molar-refractivity contribution in [2.75, 3.05) is 5.32 Å². The van der Waals surface area contributed by atoms with Crippen molar-refractivity contribution in [3.05, 3.63) is 63.1 Å². The van der Waals surface area contributed by atoms with E-state index in [0.29, 0.717) is 5.56 Å². The highest BCUT2D eigenvalue weighted by Crippen LogP contribution is 2.24. The molecule has 0 spiro atoms. The Morgan fingerprint density at radius 2 is 1.95 bits per heavy atom. The van der Waals surface area contributed by atoms with Crippen molar-refractivity contribution < 1.29 is 0 Å². The van der Waals surface area contributed by atoms with Crippen LogP contribution in [0.5, 0.6) is 0 Å². The minimum Gasteiger partial charge on any atom is -0.381 e. The van der Waals surface area contributed by atoms with Crippen molar-refractivity contribution >= 4 is 33.2 Å². The molecule has 0 aromatic heterocycles. The number of benzene rings is 2. The quantitative estimate of drug-likeness (QED) is 0.841. The molecule has 1 N–H and O–H groups in total. The summed E-state index contributed by atoms with van der Waals surface area (Å²) in [5.74, 6) is 0. The summed E-state index contributed by atoms with van der Waals surface area (Å²) in [4.78, 5) is 0. The fraction of sp³-hybridized carbons (Fsp3) is 0.188. The van der Waals surface area contributed by atoms with Crippen LogP contribution in [0.3, 0.4) is 0 Å². The molecular formula is C16H14BrClN2. The molecule has 0 amide bonds. The molecule has 0 fully saturated rings.